The van der Waals surface area contributed by atoms with Crippen LogP contribution < -0.4 is 17.0 Å². The first-order valence-electron chi connectivity index (χ1n) is 13.7. The number of H-pyrrole nitrogens is 1. The summed E-state index contributed by atoms with van der Waals surface area (Å²) in [5.74, 6) is -0.0483. The first-order valence-corrected chi connectivity index (χ1v) is 18.4. The van der Waals surface area contributed by atoms with Crippen molar-refractivity contribution in [1.29, 1.82) is 0 Å². The highest BCUT2D eigenvalue weighted by atomic mass is 32.7. The van der Waals surface area contributed by atoms with Gasteiger partial charge in [0.15, 0.2) is 35.1 Å². The van der Waals surface area contributed by atoms with E-state index in [4.69, 9.17) is 43.8 Å². The molecule has 4 aliphatic rings. The van der Waals surface area contributed by atoms with Crippen molar-refractivity contribution in [3.05, 3.63) is 29.3 Å². The van der Waals surface area contributed by atoms with Crippen molar-refractivity contribution in [3.63, 3.8) is 0 Å². The van der Waals surface area contributed by atoms with Gasteiger partial charge in [-0.1, -0.05) is 12.2 Å². The Morgan fingerprint density at radius 3 is 2.59 bits per heavy atom. The second-order valence-electron chi connectivity index (χ2n) is 11.2. The molecule has 0 saturated carbocycles. The van der Waals surface area contributed by atoms with E-state index in [1.165, 1.54) is 31.1 Å². The highest BCUT2D eigenvalue weighted by molar-refractivity contribution is 8.44. The summed E-state index contributed by atoms with van der Waals surface area (Å²) in [7, 11) is -2.86. The summed E-state index contributed by atoms with van der Waals surface area (Å²) in [6, 6.07) is 0. The number of hydrogen-bond donors (Lipinski definition) is 5. The lowest BCUT2D eigenvalue weighted by Gasteiger charge is -2.33. The van der Waals surface area contributed by atoms with E-state index in [0.29, 0.717) is 11.2 Å². The van der Waals surface area contributed by atoms with Crippen molar-refractivity contribution in [3.8, 4) is 0 Å². The summed E-state index contributed by atoms with van der Waals surface area (Å²) in [5, 5.41) is 11.2. The Labute approximate surface area is 262 Å². The number of aromatic amines is 1. The molecule has 4 aromatic heterocycles. The van der Waals surface area contributed by atoms with Crippen molar-refractivity contribution in [2.75, 3.05) is 31.3 Å². The number of aromatic nitrogens is 8. The molecule has 8 unspecified atom stereocenters. The summed E-state index contributed by atoms with van der Waals surface area (Å²) >= 11 is 4.18. The molecule has 0 aliphatic carbocycles. The van der Waals surface area contributed by atoms with Crippen molar-refractivity contribution in [2.24, 2.45) is 0 Å². The Hall–Kier alpha value is -2.95. The number of aliphatic hydroxyl groups is 1. The minimum Gasteiger partial charge on any atom is -0.387 e. The van der Waals surface area contributed by atoms with Crippen LogP contribution in [-0.4, -0.2) is 108 Å². The van der Waals surface area contributed by atoms with Gasteiger partial charge in [-0.15, -0.1) is 0 Å². The van der Waals surface area contributed by atoms with E-state index in [1.807, 2.05) is 0 Å². The van der Waals surface area contributed by atoms with Crippen LogP contribution in [0, 0.1) is 0 Å². The molecule has 0 aromatic carbocycles. The fraction of sp³-hybridized carbons (Fsp3) is 0.524. The van der Waals surface area contributed by atoms with E-state index in [-0.39, 0.29) is 29.5 Å². The predicted molar refractivity (Wildman–Crippen MR) is 159 cm³/mol. The van der Waals surface area contributed by atoms with E-state index in [9.17, 15) is 19.0 Å². The maximum absolute atomic E-state index is 13.9. The van der Waals surface area contributed by atoms with Gasteiger partial charge < -0.3 is 39.8 Å². The van der Waals surface area contributed by atoms with Gasteiger partial charge >= 0.3 is 6.80 Å². The quantitative estimate of drug-likeness (QED) is 0.0919. The summed E-state index contributed by atoms with van der Waals surface area (Å²) in [4.78, 5) is 35.4. The SMILES string of the molecule is B[P@@]1(=O)OCC23COC(C(n4cnc5c(N)ncnc54)O2)C3O[P@](=O)(S)OCC2OC(n3cnc4c(=O)[nH]c(N)nc43)C(O1)C2O. The smallest absolute Gasteiger partial charge is 0.386 e. The number of anilines is 2. The fourth-order valence-electron chi connectivity index (χ4n) is 6.07. The van der Waals surface area contributed by atoms with Gasteiger partial charge in [0.2, 0.25) is 5.95 Å². The second kappa shape index (κ2) is 10.5. The molecule has 0 amide bonds. The van der Waals surface area contributed by atoms with Gasteiger partial charge in [0.1, 0.15) is 48.0 Å². The second-order valence-corrected chi connectivity index (χ2v) is 16.1. The number of hydrogen-bond acceptors (Lipinski definition) is 18. The van der Waals surface area contributed by atoms with Crippen LogP contribution in [0.2, 0.25) is 0 Å². The highest BCUT2D eigenvalue weighted by Gasteiger charge is 2.65. The fourth-order valence-corrected chi connectivity index (χ4v) is 8.76. The van der Waals surface area contributed by atoms with E-state index in [0.717, 1.165) is 0 Å². The summed E-state index contributed by atoms with van der Waals surface area (Å²) in [5.41, 5.74) is 10.2. The van der Waals surface area contributed by atoms with Crippen LogP contribution >= 0.6 is 26.5 Å². The normalized spacial score (nSPS) is 39.7. The van der Waals surface area contributed by atoms with Crippen LogP contribution in [-0.2, 0) is 41.4 Å². The van der Waals surface area contributed by atoms with Crippen LogP contribution in [0.1, 0.15) is 12.5 Å². The number of thiol groups is 1. The van der Waals surface area contributed by atoms with Crippen LogP contribution in [0.5, 0.6) is 0 Å². The molecule has 4 saturated heterocycles. The average Bonchev–Trinajstić information content (AvgIpc) is 3.80. The number of rotatable bonds is 2. The molecule has 6 N–H and O–H groups in total. The topological polar surface area (TPSA) is 278 Å². The monoisotopic (exact) mass is 698 g/mol. The number of nitrogens with two attached hydrogens (primary N) is 2. The molecule has 25 heteroatoms. The third kappa shape index (κ3) is 4.81. The molecule has 21 nitrogen and oxygen atoms in total. The minimum atomic E-state index is -4.23. The Kier molecular flexibility index (Phi) is 6.96. The predicted octanol–water partition coefficient (Wildman–Crippen LogP) is -1.36. The van der Waals surface area contributed by atoms with Gasteiger partial charge in [-0.25, -0.2) is 24.5 Å². The van der Waals surface area contributed by atoms with Crippen LogP contribution in [0.25, 0.3) is 22.3 Å². The van der Waals surface area contributed by atoms with E-state index >= 15 is 0 Å². The molecular formula is C21H25BN10O11P2S. The molecule has 0 spiro atoms. The Morgan fingerprint density at radius 1 is 1.02 bits per heavy atom. The van der Waals surface area contributed by atoms with Crippen LogP contribution in [0.15, 0.2) is 23.8 Å². The van der Waals surface area contributed by atoms with E-state index < -0.39 is 81.6 Å². The number of aliphatic hydroxyl groups excluding tert-OH is 1. The van der Waals surface area contributed by atoms with Crippen molar-refractivity contribution in [1.82, 2.24) is 39.0 Å². The number of ether oxygens (including phenoxy) is 3. The number of nitrogen functional groups attached to an aromatic ring is 2. The first-order chi connectivity index (χ1) is 21.8. The number of imidazole rings is 2. The molecule has 4 aliphatic heterocycles. The summed E-state index contributed by atoms with van der Waals surface area (Å²) in [6.07, 6.45) is -4.37. The third-order valence-electron chi connectivity index (χ3n) is 8.18. The first kappa shape index (κ1) is 30.4. The van der Waals surface area contributed by atoms with Gasteiger partial charge in [0.05, 0.1) is 32.5 Å². The highest BCUT2D eigenvalue weighted by Crippen LogP contribution is 2.61. The van der Waals surface area contributed by atoms with Gasteiger partial charge in [0.25, 0.3) is 20.6 Å². The van der Waals surface area contributed by atoms with Gasteiger partial charge in [-0.05, 0) is 0 Å². The zero-order chi connectivity index (χ0) is 32.2. The van der Waals surface area contributed by atoms with Crippen LogP contribution in [0.4, 0.5) is 11.8 Å². The molecular weight excluding hydrogens is 673 g/mol. The van der Waals surface area contributed by atoms with Gasteiger partial charge in [-0.2, -0.15) is 4.98 Å². The molecule has 46 heavy (non-hydrogen) atoms. The zero-order valence-corrected chi connectivity index (χ0v) is 26.2. The summed E-state index contributed by atoms with van der Waals surface area (Å²) in [6.45, 7) is -5.28. The molecule has 8 rings (SSSR count). The van der Waals surface area contributed by atoms with Crippen molar-refractivity contribution in [2.45, 2.75) is 48.6 Å². The Morgan fingerprint density at radius 2 is 1.78 bits per heavy atom. The Balaban J connectivity index is 1.14. The molecule has 4 bridgehead atoms. The van der Waals surface area contributed by atoms with E-state index in [2.05, 4.69) is 42.2 Å². The lowest BCUT2D eigenvalue weighted by Crippen LogP contribution is -2.45. The zero-order valence-electron chi connectivity index (χ0n) is 23.6. The molecule has 10 atom stereocenters. The third-order valence-corrected chi connectivity index (χ3v) is 11.0. The number of nitrogens with one attached hydrogen (secondary N) is 1. The molecule has 0 radical (unpaired) electrons. The lowest BCUT2D eigenvalue weighted by molar-refractivity contribution is -0.182. The Bertz CT molecular complexity index is 2030. The van der Waals surface area contributed by atoms with Crippen molar-refractivity contribution >= 4 is 68.2 Å². The minimum absolute atomic E-state index is 0.00474. The maximum atomic E-state index is 13.9. The molecule has 4 fully saturated rings. The van der Waals surface area contributed by atoms with Crippen LogP contribution in [0.3, 0.4) is 0 Å². The summed E-state index contributed by atoms with van der Waals surface area (Å²) < 4.78 is 72.1. The largest absolute Gasteiger partial charge is 0.387 e. The van der Waals surface area contributed by atoms with Crippen molar-refractivity contribution < 1.29 is 46.5 Å². The van der Waals surface area contributed by atoms with Gasteiger partial charge in [-0.3, -0.25) is 32.5 Å². The lowest BCUT2D eigenvalue weighted by atomic mass is 10.0. The van der Waals surface area contributed by atoms with E-state index in [1.54, 1.807) is 4.57 Å². The maximum Gasteiger partial charge on any atom is 0.386 e. The number of fused-ring (bicyclic) bond motifs is 4. The molecule has 4 aromatic rings. The molecule has 8 heterocycles. The molecule has 244 valence electrons. The number of nitrogens with zero attached hydrogens (tertiary/aromatic N) is 7. The van der Waals surface area contributed by atoms with Gasteiger partial charge in [0, 0.05) is 0 Å². The average molecular weight is 698 g/mol. The standard InChI is InChI=1S/C21H25BN10O11P2S/c22-44(35)39-3-21-2-37-12(19(41-21)31-5-27-8-14(23)25-4-26-15(8)31)13(21)43-45(36,46)38-1-7-10(33)11(42-44)18(40-7)32-6-28-9-16(32)29-20(24)30-17(9)34/h4-7,10-13,18-19,33H,1-3,22H2,(H,36,46)(H2,23,25,26)(H3,24,29,30,34)/t7?,10?,11?,12?,13?,18?,19?,21?,44-,45-/m1/s1.